The third kappa shape index (κ3) is 5.40. The van der Waals surface area contributed by atoms with Gasteiger partial charge < -0.3 is 21.1 Å². The van der Waals surface area contributed by atoms with Crippen molar-refractivity contribution in [3.05, 3.63) is 30.3 Å². The minimum Gasteiger partial charge on any atom is -0.395 e. The minimum absolute atomic E-state index is 0. The van der Waals surface area contributed by atoms with Crippen molar-refractivity contribution in [2.24, 2.45) is 28.9 Å². The number of nitrogens with zero attached hydrogens (tertiary/aromatic N) is 2. The van der Waals surface area contributed by atoms with Crippen molar-refractivity contribution >= 4 is 53.1 Å². The predicted molar refractivity (Wildman–Crippen MR) is 138 cm³/mol. The number of rotatable bonds is 8. The second kappa shape index (κ2) is 10.8. The van der Waals surface area contributed by atoms with E-state index in [1.54, 1.807) is 0 Å². The molecule has 6 rings (SSSR count). The Morgan fingerprint density at radius 2 is 1.73 bits per heavy atom. The lowest BCUT2D eigenvalue weighted by atomic mass is 9.49. The van der Waals surface area contributed by atoms with Crippen molar-refractivity contribution < 1.29 is 9.90 Å². The topological polar surface area (TPSA) is 91.5 Å². The lowest BCUT2D eigenvalue weighted by Gasteiger charge is -2.56. The standard InChI is InChI=1S/C25H34N4O2.2ClH/c26-6-7-29(8-9-30)23-5-4-20-21(27-23)2-1-3-22(20)28-24(31)16-25-13-17-10-18(14-25)12-19(11-17)15-25;;/h1-5,17-19,30H,6-16,26H2,(H,28,31);2*1H. The molecule has 8 heteroatoms. The van der Waals surface area contributed by atoms with E-state index in [-0.39, 0.29) is 42.7 Å². The number of carbonyl (C=O) groups excluding carboxylic acids is 1. The summed E-state index contributed by atoms with van der Waals surface area (Å²) in [5.74, 6) is 3.51. The highest BCUT2D eigenvalue weighted by Gasteiger charge is 2.51. The largest absolute Gasteiger partial charge is 0.395 e. The van der Waals surface area contributed by atoms with Crippen molar-refractivity contribution in [2.45, 2.75) is 44.9 Å². The molecule has 2 aromatic rings. The second-order valence-corrected chi connectivity index (χ2v) is 10.2. The van der Waals surface area contributed by atoms with E-state index in [9.17, 15) is 9.90 Å². The Balaban J connectivity index is 0.00000153. The summed E-state index contributed by atoms with van der Waals surface area (Å²) in [6.45, 7) is 1.69. The van der Waals surface area contributed by atoms with E-state index < -0.39 is 0 Å². The minimum atomic E-state index is 0. The van der Waals surface area contributed by atoms with Gasteiger partial charge in [-0.2, -0.15) is 0 Å². The Bertz CT molecular complexity index is 929. The Kier molecular flexibility index (Phi) is 8.49. The number of carbonyl (C=O) groups is 1. The molecule has 4 aliphatic carbocycles. The van der Waals surface area contributed by atoms with Crippen LogP contribution in [0.3, 0.4) is 0 Å². The molecule has 1 aromatic heterocycles. The fourth-order valence-electron chi connectivity index (χ4n) is 7.09. The average molecular weight is 495 g/mol. The quantitative estimate of drug-likeness (QED) is 0.506. The Labute approximate surface area is 208 Å². The number of pyridine rings is 1. The molecule has 4 aliphatic rings. The normalized spacial score (nSPS) is 27.0. The number of aromatic nitrogens is 1. The Hall–Kier alpha value is -1.60. The SMILES string of the molecule is Cl.Cl.NCCN(CCO)c1ccc2c(NC(=O)CC34CC5CC(CC(C5)C3)C4)cccc2n1. The van der Waals surface area contributed by atoms with Gasteiger partial charge in [0.15, 0.2) is 0 Å². The summed E-state index contributed by atoms with van der Waals surface area (Å²) in [6.07, 6.45) is 8.58. The molecule has 6 nitrogen and oxygen atoms in total. The number of amides is 1. The van der Waals surface area contributed by atoms with Crippen LogP contribution in [0.25, 0.3) is 10.9 Å². The third-order valence-electron chi connectivity index (χ3n) is 7.78. The highest BCUT2D eigenvalue weighted by Crippen LogP contribution is 2.61. The van der Waals surface area contributed by atoms with Crippen LogP contribution in [0.1, 0.15) is 44.9 Å². The Morgan fingerprint density at radius 1 is 1.06 bits per heavy atom. The first-order valence-corrected chi connectivity index (χ1v) is 11.8. The number of benzene rings is 1. The zero-order chi connectivity index (χ0) is 21.4. The van der Waals surface area contributed by atoms with Crippen LogP contribution in [-0.2, 0) is 4.79 Å². The molecule has 0 unspecified atom stereocenters. The summed E-state index contributed by atoms with van der Waals surface area (Å²) in [5.41, 5.74) is 7.62. The summed E-state index contributed by atoms with van der Waals surface area (Å²) in [7, 11) is 0. The highest BCUT2D eigenvalue weighted by molar-refractivity contribution is 6.01. The summed E-state index contributed by atoms with van der Waals surface area (Å²) in [5, 5.41) is 13.5. The number of halogens is 2. The van der Waals surface area contributed by atoms with Gasteiger partial charge in [-0.1, -0.05) is 6.07 Å². The monoisotopic (exact) mass is 494 g/mol. The first-order valence-electron chi connectivity index (χ1n) is 11.8. The number of hydrogen-bond acceptors (Lipinski definition) is 5. The Morgan fingerprint density at radius 3 is 2.33 bits per heavy atom. The summed E-state index contributed by atoms with van der Waals surface area (Å²) >= 11 is 0. The predicted octanol–water partition coefficient (Wildman–Crippen LogP) is 4.38. The van der Waals surface area contributed by atoms with Crippen LogP contribution in [-0.4, -0.2) is 42.2 Å². The zero-order valence-electron chi connectivity index (χ0n) is 19.0. The van der Waals surface area contributed by atoms with Gasteiger partial charge in [-0.15, -0.1) is 24.8 Å². The fraction of sp³-hybridized carbons (Fsp3) is 0.600. The first-order chi connectivity index (χ1) is 15.1. The summed E-state index contributed by atoms with van der Waals surface area (Å²) in [4.78, 5) is 19.9. The van der Waals surface area contributed by atoms with Crippen LogP contribution >= 0.6 is 24.8 Å². The van der Waals surface area contributed by atoms with Crippen molar-refractivity contribution in [3.8, 4) is 0 Å². The van der Waals surface area contributed by atoms with Crippen molar-refractivity contribution in [1.29, 1.82) is 0 Å². The number of anilines is 2. The molecule has 4 saturated carbocycles. The molecule has 33 heavy (non-hydrogen) atoms. The van der Waals surface area contributed by atoms with Crippen LogP contribution in [0.4, 0.5) is 11.5 Å². The average Bonchev–Trinajstić information content (AvgIpc) is 2.72. The number of nitrogens with one attached hydrogen (secondary N) is 1. The molecule has 0 saturated heterocycles. The zero-order valence-corrected chi connectivity index (χ0v) is 20.7. The molecule has 182 valence electrons. The lowest BCUT2D eigenvalue weighted by Crippen LogP contribution is -2.47. The molecule has 4 fully saturated rings. The van der Waals surface area contributed by atoms with Gasteiger partial charge in [-0.25, -0.2) is 4.98 Å². The van der Waals surface area contributed by atoms with Crippen molar-refractivity contribution in [1.82, 2.24) is 4.98 Å². The van der Waals surface area contributed by atoms with Crippen LogP contribution in [0.15, 0.2) is 30.3 Å². The van der Waals surface area contributed by atoms with E-state index in [0.29, 0.717) is 26.1 Å². The number of aliphatic hydroxyl groups is 1. The van der Waals surface area contributed by atoms with Crippen LogP contribution < -0.4 is 16.0 Å². The van der Waals surface area contributed by atoms with E-state index >= 15 is 0 Å². The van der Waals surface area contributed by atoms with E-state index in [1.165, 1.54) is 38.5 Å². The number of nitrogens with two attached hydrogens (primary N) is 1. The second-order valence-electron chi connectivity index (χ2n) is 10.2. The maximum atomic E-state index is 13.1. The maximum Gasteiger partial charge on any atom is 0.224 e. The first kappa shape index (κ1) is 26.0. The van der Waals surface area contributed by atoms with Gasteiger partial charge in [0.2, 0.25) is 5.91 Å². The van der Waals surface area contributed by atoms with E-state index in [0.717, 1.165) is 40.2 Å². The molecule has 0 aliphatic heterocycles. The smallest absolute Gasteiger partial charge is 0.224 e. The number of hydrogen-bond donors (Lipinski definition) is 3. The third-order valence-corrected chi connectivity index (χ3v) is 7.78. The van der Waals surface area contributed by atoms with Gasteiger partial charge in [0.05, 0.1) is 17.8 Å². The van der Waals surface area contributed by atoms with Gasteiger partial charge >= 0.3 is 0 Å². The molecule has 0 spiro atoms. The van der Waals surface area contributed by atoms with Crippen molar-refractivity contribution in [3.63, 3.8) is 0 Å². The fourth-order valence-corrected chi connectivity index (χ4v) is 7.09. The molecule has 1 aromatic carbocycles. The summed E-state index contributed by atoms with van der Waals surface area (Å²) < 4.78 is 0. The highest BCUT2D eigenvalue weighted by atomic mass is 35.5. The summed E-state index contributed by atoms with van der Waals surface area (Å²) in [6, 6.07) is 9.83. The van der Waals surface area contributed by atoms with E-state index in [1.807, 2.05) is 35.2 Å². The van der Waals surface area contributed by atoms with Gasteiger partial charge in [0, 0.05) is 31.4 Å². The van der Waals surface area contributed by atoms with Gasteiger partial charge in [0.1, 0.15) is 5.82 Å². The van der Waals surface area contributed by atoms with Gasteiger partial charge in [0.25, 0.3) is 0 Å². The molecule has 0 radical (unpaired) electrons. The molecule has 0 atom stereocenters. The van der Waals surface area contributed by atoms with Gasteiger partial charge in [-0.3, -0.25) is 4.79 Å². The van der Waals surface area contributed by atoms with Crippen LogP contribution in [0.2, 0.25) is 0 Å². The molecule has 1 amide bonds. The van der Waals surface area contributed by atoms with Gasteiger partial charge in [-0.05, 0) is 86.0 Å². The van der Waals surface area contributed by atoms with E-state index in [4.69, 9.17) is 10.7 Å². The number of fused-ring (bicyclic) bond motifs is 1. The molecule has 4 N–H and O–H groups in total. The molecular weight excluding hydrogens is 459 g/mol. The molecule has 4 bridgehead atoms. The lowest BCUT2D eigenvalue weighted by molar-refractivity contribution is -0.124. The molecule has 1 heterocycles. The van der Waals surface area contributed by atoms with E-state index in [2.05, 4.69) is 5.32 Å². The molecular formula is C25H36Cl2N4O2. The van der Waals surface area contributed by atoms with Crippen LogP contribution in [0, 0.1) is 23.2 Å². The number of aliphatic hydroxyl groups excluding tert-OH is 1. The van der Waals surface area contributed by atoms with Crippen molar-refractivity contribution in [2.75, 3.05) is 36.5 Å². The maximum absolute atomic E-state index is 13.1. The van der Waals surface area contributed by atoms with Crippen LogP contribution in [0.5, 0.6) is 0 Å².